The van der Waals surface area contributed by atoms with Crippen molar-refractivity contribution in [3.05, 3.63) is 34.9 Å². The summed E-state index contributed by atoms with van der Waals surface area (Å²) in [5.74, 6) is 0.876. The van der Waals surface area contributed by atoms with Gasteiger partial charge in [0.1, 0.15) is 5.82 Å². The Kier molecular flexibility index (Phi) is 3.47. The summed E-state index contributed by atoms with van der Waals surface area (Å²) < 4.78 is 23.0. The van der Waals surface area contributed by atoms with Gasteiger partial charge >= 0.3 is 0 Å². The Morgan fingerprint density at radius 3 is 2.62 bits per heavy atom. The Morgan fingerprint density at radius 2 is 1.95 bits per heavy atom. The van der Waals surface area contributed by atoms with E-state index in [4.69, 9.17) is 11.6 Å². The highest BCUT2D eigenvalue weighted by Crippen LogP contribution is 2.26. The third-order valence-electron chi connectivity index (χ3n) is 3.55. The molecule has 3 rings (SSSR count). The number of halogens is 1. The van der Waals surface area contributed by atoms with E-state index < -0.39 is 9.84 Å². The minimum atomic E-state index is -2.94. The zero-order valence-electron chi connectivity index (χ0n) is 11.1. The maximum atomic E-state index is 11.5. The lowest BCUT2D eigenvalue weighted by Gasteiger charge is -2.28. The maximum Gasteiger partial charge on any atom is 0.153 e. The molecule has 0 atom stereocenters. The number of benzene rings is 1. The second kappa shape index (κ2) is 5.17. The average Bonchev–Trinajstić information content (AvgIpc) is 2.46. The van der Waals surface area contributed by atoms with E-state index in [1.807, 2.05) is 4.90 Å². The number of nitrogens with zero attached hydrogens (tertiary/aromatic N) is 3. The van der Waals surface area contributed by atoms with E-state index in [9.17, 15) is 13.7 Å². The Labute approximate surface area is 127 Å². The summed E-state index contributed by atoms with van der Waals surface area (Å²) in [5.41, 5.74) is 1.17. The van der Waals surface area contributed by atoms with Crippen molar-refractivity contribution in [3.63, 3.8) is 0 Å². The SMILES string of the molecule is N#Cc1cc(N2CCS(=O)(=O)CC2)nc2ccc(Cl)cc12. The van der Waals surface area contributed by atoms with E-state index in [0.717, 1.165) is 0 Å². The van der Waals surface area contributed by atoms with Crippen LogP contribution in [0.25, 0.3) is 10.9 Å². The van der Waals surface area contributed by atoms with Gasteiger partial charge in [0.15, 0.2) is 9.84 Å². The van der Waals surface area contributed by atoms with Crippen LogP contribution in [-0.4, -0.2) is 38.0 Å². The van der Waals surface area contributed by atoms with Crippen molar-refractivity contribution in [1.29, 1.82) is 5.26 Å². The molecule has 0 spiro atoms. The normalized spacial score (nSPS) is 17.6. The first-order chi connectivity index (χ1) is 9.98. The number of fused-ring (bicyclic) bond motifs is 1. The molecular weight excluding hydrogens is 310 g/mol. The number of hydrogen-bond donors (Lipinski definition) is 0. The van der Waals surface area contributed by atoms with Crippen LogP contribution >= 0.6 is 11.6 Å². The van der Waals surface area contributed by atoms with Crippen LogP contribution in [0.1, 0.15) is 5.56 Å². The first-order valence-electron chi connectivity index (χ1n) is 6.44. The minimum absolute atomic E-state index is 0.120. The highest BCUT2D eigenvalue weighted by molar-refractivity contribution is 7.91. The molecule has 1 saturated heterocycles. The Morgan fingerprint density at radius 1 is 1.24 bits per heavy atom. The van der Waals surface area contributed by atoms with E-state index in [-0.39, 0.29) is 11.5 Å². The molecule has 1 aliphatic rings. The van der Waals surface area contributed by atoms with Gasteiger partial charge < -0.3 is 4.90 Å². The summed E-state index contributed by atoms with van der Waals surface area (Å²) >= 11 is 5.95. The number of nitriles is 1. The van der Waals surface area contributed by atoms with E-state index in [2.05, 4.69) is 11.1 Å². The van der Waals surface area contributed by atoms with Gasteiger partial charge in [-0.15, -0.1) is 0 Å². The van der Waals surface area contributed by atoms with Crippen molar-refractivity contribution in [1.82, 2.24) is 4.98 Å². The van der Waals surface area contributed by atoms with Crippen molar-refractivity contribution in [2.45, 2.75) is 0 Å². The molecule has 1 aliphatic heterocycles. The van der Waals surface area contributed by atoms with Crippen LogP contribution in [0.2, 0.25) is 5.02 Å². The molecule has 1 fully saturated rings. The third-order valence-corrected chi connectivity index (χ3v) is 5.39. The number of hydrogen-bond acceptors (Lipinski definition) is 5. The molecule has 7 heteroatoms. The molecule has 0 aliphatic carbocycles. The zero-order chi connectivity index (χ0) is 15.0. The van der Waals surface area contributed by atoms with Crippen molar-refractivity contribution in [2.24, 2.45) is 0 Å². The van der Waals surface area contributed by atoms with E-state index in [1.54, 1.807) is 24.3 Å². The Hall–Kier alpha value is -1.84. The molecule has 0 unspecified atom stereocenters. The van der Waals surface area contributed by atoms with Gasteiger partial charge in [-0.3, -0.25) is 0 Å². The summed E-state index contributed by atoms with van der Waals surface area (Å²) in [4.78, 5) is 6.42. The summed E-state index contributed by atoms with van der Waals surface area (Å²) in [6.45, 7) is 0.804. The molecule has 0 N–H and O–H groups in total. The smallest absolute Gasteiger partial charge is 0.153 e. The molecule has 1 aromatic heterocycles. The van der Waals surface area contributed by atoms with Gasteiger partial charge in [0, 0.05) is 23.5 Å². The van der Waals surface area contributed by atoms with Crippen LogP contribution in [0.15, 0.2) is 24.3 Å². The number of aromatic nitrogens is 1. The van der Waals surface area contributed by atoms with Gasteiger partial charge in [-0.2, -0.15) is 5.26 Å². The second-order valence-electron chi connectivity index (χ2n) is 4.94. The molecule has 5 nitrogen and oxygen atoms in total. The molecule has 2 aromatic rings. The standard InChI is InChI=1S/C14H12ClN3O2S/c15-11-1-2-13-12(8-11)10(9-16)7-14(17-13)18-3-5-21(19,20)6-4-18/h1-2,7-8H,3-6H2. The summed E-state index contributed by atoms with van der Waals surface area (Å²) in [5, 5.41) is 10.6. The predicted molar refractivity (Wildman–Crippen MR) is 82.3 cm³/mol. The highest BCUT2D eigenvalue weighted by Gasteiger charge is 2.23. The van der Waals surface area contributed by atoms with Gasteiger partial charge in [0.05, 0.1) is 28.7 Å². The first-order valence-corrected chi connectivity index (χ1v) is 8.64. The lowest BCUT2D eigenvalue weighted by atomic mass is 10.1. The average molecular weight is 322 g/mol. The zero-order valence-corrected chi connectivity index (χ0v) is 12.7. The van der Waals surface area contributed by atoms with Crippen LogP contribution in [0.5, 0.6) is 0 Å². The molecular formula is C14H12ClN3O2S. The quantitative estimate of drug-likeness (QED) is 0.803. The minimum Gasteiger partial charge on any atom is -0.355 e. The van der Waals surface area contributed by atoms with Gasteiger partial charge in [-0.05, 0) is 24.3 Å². The number of pyridine rings is 1. The Balaban J connectivity index is 2.05. The van der Waals surface area contributed by atoms with Crippen LogP contribution in [0.4, 0.5) is 5.82 Å². The third kappa shape index (κ3) is 2.80. The number of rotatable bonds is 1. The molecule has 0 saturated carbocycles. The van der Waals surface area contributed by atoms with Crippen LogP contribution in [0, 0.1) is 11.3 Å². The summed E-state index contributed by atoms with van der Waals surface area (Å²) in [7, 11) is -2.94. The molecule has 108 valence electrons. The summed E-state index contributed by atoms with van der Waals surface area (Å²) in [6.07, 6.45) is 0. The fraction of sp³-hybridized carbons (Fsp3) is 0.286. The van der Waals surface area contributed by atoms with Gasteiger partial charge in [0.25, 0.3) is 0 Å². The molecule has 0 bridgehead atoms. The summed E-state index contributed by atoms with van der Waals surface area (Å²) in [6, 6.07) is 9.05. The predicted octanol–water partition coefficient (Wildman–Crippen LogP) is 1.99. The number of anilines is 1. The van der Waals surface area contributed by atoms with Crippen LogP contribution in [0.3, 0.4) is 0 Å². The lowest BCUT2D eigenvalue weighted by Crippen LogP contribution is -2.40. The molecule has 0 radical (unpaired) electrons. The van der Waals surface area contributed by atoms with E-state index >= 15 is 0 Å². The van der Waals surface area contributed by atoms with Crippen molar-refractivity contribution >= 4 is 38.2 Å². The van der Waals surface area contributed by atoms with Gasteiger partial charge in [-0.1, -0.05) is 11.6 Å². The van der Waals surface area contributed by atoms with Crippen LogP contribution in [-0.2, 0) is 9.84 Å². The van der Waals surface area contributed by atoms with Crippen molar-refractivity contribution in [3.8, 4) is 6.07 Å². The topological polar surface area (TPSA) is 74.1 Å². The molecule has 21 heavy (non-hydrogen) atoms. The number of sulfone groups is 1. The highest BCUT2D eigenvalue weighted by atomic mass is 35.5. The first kappa shape index (κ1) is 14.1. The van der Waals surface area contributed by atoms with Gasteiger partial charge in [0.2, 0.25) is 0 Å². The van der Waals surface area contributed by atoms with Gasteiger partial charge in [-0.25, -0.2) is 13.4 Å². The van der Waals surface area contributed by atoms with Crippen molar-refractivity contribution < 1.29 is 8.42 Å². The Bertz CT molecular complexity index is 844. The fourth-order valence-electron chi connectivity index (χ4n) is 2.38. The maximum absolute atomic E-state index is 11.5. The lowest BCUT2D eigenvalue weighted by molar-refractivity contribution is 0.586. The van der Waals surface area contributed by atoms with E-state index in [0.29, 0.717) is 40.4 Å². The second-order valence-corrected chi connectivity index (χ2v) is 7.68. The van der Waals surface area contributed by atoms with Crippen molar-refractivity contribution in [2.75, 3.05) is 29.5 Å². The fourth-order valence-corrected chi connectivity index (χ4v) is 3.75. The monoisotopic (exact) mass is 321 g/mol. The molecule has 1 aromatic carbocycles. The molecule has 2 heterocycles. The van der Waals surface area contributed by atoms with E-state index in [1.165, 1.54) is 0 Å². The molecule has 0 amide bonds. The largest absolute Gasteiger partial charge is 0.355 e. The van der Waals surface area contributed by atoms with Crippen LogP contribution < -0.4 is 4.90 Å².